The van der Waals surface area contributed by atoms with Crippen LogP contribution in [0.2, 0.25) is 0 Å². The second-order valence-electron chi connectivity index (χ2n) is 3.01. The van der Waals surface area contributed by atoms with Crippen LogP contribution in [0.5, 0.6) is 0 Å². The summed E-state index contributed by atoms with van der Waals surface area (Å²) in [5.74, 6) is -0.385. The zero-order valence-electron chi connectivity index (χ0n) is 8.73. The van der Waals surface area contributed by atoms with Crippen LogP contribution in [0.15, 0.2) is 18.5 Å². The molecule has 2 N–H and O–H groups in total. The summed E-state index contributed by atoms with van der Waals surface area (Å²) in [6.07, 6.45) is 3.25. The van der Waals surface area contributed by atoms with Crippen molar-refractivity contribution in [2.75, 3.05) is 6.54 Å². The Morgan fingerprint density at radius 3 is 2.80 bits per heavy atom. The molecule has 82 valence electrons. The number of carbonyl (C=O) groups excluding carboxylic acids is 2. The summed E-state index contributed by atoms with van der Waals surface area (Å²) in [5, 5.41) is 8.61. The molecule has 1 aromatic heterocycles. The number of aromatic nitrogens is 2. The van der Waals surface area contributed by atoms with Crippen LogP contribution in [-0.4, -0.2) is 28.3 Å². The molecule has 15 heavy (non-hydrogen) atoms. The minimum atomic E-state index is -0.498. The van der Waals surface area contributed by atoms with Gasteiger partial charge in [0.25, 0.3) is 5.91 Å². The van der Waals surface area contributed by atoms with Crippen molar-refractivity contribution in [3.63, 3.8) is 0 Å². The zero-order chi connectivity index (χ0) is 11.3. The lowest BCUT2D eigenvalue weighted by molar-refractivity contribution is -0.123. The Balaban J connectivity index is 2.51. The summed E-state index contributed by atoms with van der Waals surface area (Å²) in [7, 11) is 0. The van der Waals surface area contributed by atoms with Gasteiger partial charge in [-0.3, -0.25) is 14.8 Å². The number of carbonyl (C=O) groups is 2. The number of imide groups is 1. The number of rotatable bonds is 3. The molecule has 0 saturated carbocycles. The first-order valence-electron chi connectivity index (χ1n) is 4.73. The van der Waals surface area contributed by atoms with Gasteiger partial charge >= 0.3 is 6.03 Å². The van der Waals surface area contributed by atoms with Crippen molar-refractivity contribution in [2.45, 2.75) is 19.9 Å². The minimum absolute atomic E-state index is 0.385. The van der Waals surface area contributed by atoms with Crippen LogP contribution in [0.4, 0.5) is 4.79 Å². The smallest absolute Gasteiger partial charge is 0.321 e. The molecular weight excluding hydrogens is 196 g/mol. The molecule has 0 aliphatic carbocycles. The van der Waals surface area contributed by atoms with Crippen molar-refractivity contribution >= 4 is 11.9 Å². The van der Waals surface area contributed by atoms with E-state index in [-0.39, 0.29) is 5.91 Å². The first-order chi connectivity index (χ1) is 7.15. The van der Waals surface area contributed by atoms with Crippen molar-refractivity contribution in [3.8, 4) is 0 Å². The van der Waals surface area contributed by atoms with Gasteiger partial charge in [0.15, 0.2) is 0 Å². The van der Waals surface area contributed by atoms with Gasteiger partial charge in [-0.15, -0.1) is 0 Å². The maximum absolute atomic E-state index is 11.5. The van der Waals surface area contributed by atoms with Gasteiger partial charge in [0.2, 0.25) is 0 Å². The van der Waals surface area contributed by atoms with E-state index in [0.29, 0.717) is 6.54 Å². The summed E-state index contributed by atoms with van der Waals surface area (Å²) in [6.45, 7) is 3.93. The molecule has 0 spiro atoms. The standard InChI is InChI=1S/C9H14N4O2/c1-3-10-9(15)12-8(14)7(2)13-6-4-5-11-13/h4-7H,3H2,1-2H3,(H2,10,12,14,15). The quantitative estimate of drug-likeness (QED) is 0.752. The highest BCUT2D eigenvalue weighted by molar-refractivity contribution is 5.95. The molecule has 0 aromatic carbocycles. The SMILES string of the molecule is CCNC(=O)NC(=O)C(C)n1cccn1. The second kappa shape index (κ2) is 5.14. The Labute approximate surface area is 87.7 Å². The van der Waals surface area contributed by atoms with Gasteiger partial charge in [-0.2, -0.15) is 5.10 Å². The monoisotopic (exact) mass is 210 g/mol. The highest BCUT2D eigenvalue weighted by Crippen LogP contribution is 2.02. The van der Waals surface area contributed by atoms with Gasteiger partial charge in [-0.1, -0.05) is 0 Å². The zero-order valence-corrected chi connectivity index (χ0v) is 8.73. The van der Waals surface area contributed by atoms with Crippen LogP contribution in [-0.2, 0) is 4.79 Å². The average Bonchev–Trinajstić information content (AvgIpc) is 2.69. The largest absolute Gasteiger partial charge is 0.338 e. The maximum atomic E-state index is 11.5. The minimum Gasteiger partial charge on any atom is -0.338 e. The molecule has 1 rings (SSSR count). The van der Waals surface area contributed by atoms with E-state index >= 15 is 0 Å². The molecule has 1 unspecified atom stereocenters. The van der Waals surface area contributed by atoms with Crippen LogP contribution in [0.1, 0.15) is 19.9 Å². The third-order valence-corrected chi connectivity index (χ3v) is 1.88. The van der Waals surface area contributed by atoms with Crippen LogP contribution in [0.25, 0.3) is 0 Å². The van der Waals surface area contributed by atoms with Crippen molar-refractivity contribution in [1.29, 1.82) is 0 Å². The summed E-state index contributed by atoms with van der Waals surface area (Å²) < 4.78 is 1.48. The number of urea groups is 1. The first-order valence-corrected chi connectivity index (χ1v) is 4.73. The van der Waals surface area contributed by atoms with Crippen molar-refractivity contribution in [3.05, 3.63) is 18.5 Å². The number of nitrogens with zero attached hydrogens (tertiary/aromatic N) is 2. The van der Waals surface area contributed by atoms with E-state index in [1.54, 1.807) is 32.3 Å². The molecule has 0 bridgehead atoms. The van der Waals surface area contributed by atoms with E-state index in [0.717, 1.165) is 0 Å². The first kappa shape index (κ1) is 11.2. The van der Waals surface area contributed by atoms with E-state index < -0.39 is 12.1 Å². The molecule has 6 nitrogen and oxygen atoms in total. The van der Waals surface area contributed by atoms with E-state index in [2.05, 4.69) is 15.7 Å². The summed E-state index contributed by atoms with van der Waals surface area (Å²) >= 11 is 0. The van der Waals surface area contributed by atoms with Crippen LogP contribution < -0.4 is 10.6 Å². The Hall–Kier alpha value is -1.85. The van der Waals surface area contributed by atoms with Crippen molar-refractivity contribution in [2.24, 2.45) is 0 Å². The fraction of sp³-hybridized carbons (Fsp3) is 0.444. The number of hydrogen-bond acceptors (Lipinski definition) is 3. The van der Waals surface area contributed by atoms with E-state index in [4.69, 9.17) is 0 Å². The van der Waals surface area contributed by atoms with E-state index in [1.807, 2.05) is 0 Å². The average molecular weight is 210 g/mol. The van der Waals surface area contributed by atoms with E-state index in [9.17, 15) is 9.59 Å². The fourth-order valence-corrected chi connectivity index (χ4v) is 1.05. The Kier molecular flexibility index (Phi) is 3.84. The van der Waals surface area contributed by atoms with Gasteiger partial charge in [-0.25, -0.2) is 4.79 Å². The number of nitrogens with one attached hydrogen (secondary N) is 2. The van der Waals surface area contributed by atoms with Crippen LogP contribution in [0, 0.1) is 0 Å². The summed E-state index contributed by atoms with van der Waals surface area (Å²) in [6, 6.07) is 0.736. The Morgan fingerprint density at radius 1 is 1.53 bits per heavy atom. The molecule has 6 heteroatoms. The van der Waals surface area contributed by atoms with Crippen LogP contribution in [0.3, 0.4) is 0 Å². The van der Waals surface area contributed by atoms with Crippen molar-refractivity contribution in [1.82, 2.24) is 20.4 Å². The Morgan fingerprint density at radius 2 is 2.27 bits per heavy atom. The fourth-order valence-electron chi connectivity index (χ4n) is 1.05. The highest BCUT2D eigenvalue weighted by atomic mass is 16.2. The lowest BCUT2D eigenvalue weighted by Crippen LogP contribution is -2.42. The molecule has 1 atom stereocenters. The van der Waals surface area contributed by atoms with Gasteiger partial charge in [0.1, 0.15) is 6.04 Å². The van der Waals surface area contributed by atoms with Crippen molar-refractivity contribution < 1.29 is 9.59 Å². The van der Waals surface area contributed by atoms with E-state index in [1.165, 1.54) is 4.68 Å². The third-order valence-electron chi connectivity index (χ3n) is 1.88. The lowest BCUT2D eigenvalue weighted by atomic mass is 10.3. The molecular formula is C9H14N4O2. The highest BCUT2D eigenvalue weighted by Gasteiger charge is 2.16. The molecule has 1 heterocycles. The second-order valence-corrected chi connectivity index (χ2v) is 3.01. The topological polar surface area (TPSA) is 76.0 Å². The van der Waals surface area contributed by atoms with Gasteiger partial charge in [-0.05, 0) is 19.9 Å². The lowest BCUT2D eigenvalue weighted by Gasteiger charge is -2.11. The Bertz CT molecular complexity index is 334. The molecule has 1 aromatic rings. The molecule has 0 aliphatic rings. The molecule has 3 amide bonds. The predicted octanol–water partition coefficient (Wildman–Crippen LogP) is 0.290. The van der Waals surface area contributed by atoms with Gasteiger partial charge < -0.3 is 5.32 Å². The molecule has 0 saturated heterocycles. The third kappa shape index (κ3) is 3.08. The summed E-state index contributed by atoms with van der Waals surface area (Å²) in [5.41, 5.74) is 0. The summed E-state index contributed by atoms with van der Waals surface area (Å²) in [4.78, 5) is 22.5. The molecule has 0 radical (unpaired) electrons. The van der Waals surface area contributed by atoms with Gasteiger partial charge in [0, 0.05) is 18.9 Å². The number of amides is 3. The molecule has 0 aliphatic heterocycles. The number of hydrogen-bond donors (Lipinski definition) is 2. The van der Waals surface area contributed by atoms with Gasteiger partial charge in [0.05, 0.1) is 0 Å². The molecule has 0 fully saturated rings. The maximum Gasteiger partial charge on any atom is 0.321 e. The van der Waals surface area contributed by atoms with Crippen LogP contribution >= 0.6 is 0 Å². The normalized spacial score (nSPS) is 11.9. The predicted molar refractivity (Wildman–Crippen MR) is 54.2 cm³/mol.